The maximum Gasteiger partial charge on any atom is 0.407 e. The predicted molar refractivity (Wildman–Crippen MR) is 142 cm³/mol. The normalized spacial score (nSPS) is 25.9. The second-order valence-corrected chi connectivity index (χ2v) is 11.1. The zero-order valence-corrected chi connectivity index (χ0v) is 21.1. The molecule has 3 aromatic carbocycles. The number of nitrogens with one attached hydrogen (secondary N) is 1. The number of carbonyl (C=O) groups excluding carboxylic acids is 1. The largest absolute Gasteiger partial charge is 0.493 e. The summed E-state index contributed by atoms with van der Waals surface area (Å²) in [5.41, 5.74) is 5.39. The topological polar surface area (TPSA) is 50.8 Å². The molecule has 0 spiro atoms. The summed E-state index contributed by atoms with van der Waals surface area (Å²) in [4.78, 5) is 15.4. The van der Waals surface area contributed by atoms with Crippen LogP contribution in [-0.4, -0.2) is 43.3 Å². The summed E-state index contributed by atoms with van der Waals surface area (Å²) in [5, 5.41) is 3.20. The molecule has 0 radical (unpaired) electrons. The van der Waals surface area contributed by atoms with Crippen molar-refractivity contribution >= 4 is 6.09 Å². The number of nitrogens with zero attached hydrogens (tertiary/aromatic N) is 1. The molecule has 36 heavy (non-hydrogen) atoms. The van der Waals surface area contributed by atoms with E-state index in [1.807, 2.05) is 6.07 Å². The van der Waals surface area contributed by atoms with Gasteiger partial charge in [-0.05, 0) is 60.2 Å². The van der Waals surface area contributed by atoms with E-state index in [-0.39, 0.29) is 23.7 Å². The van der Waals surface area contributed by atoms with Crippen molar-refractivity contribution in [3.63, 3.8) is 0 Å². The molecule has 4 aliphatic heterocycles. The highest BCUT2D eigenvalue weighted by Crippen LogP contribution is 2.44. The lowest BCUT2D eigenvalue weighted by atomic mass is 9.78. The zero-order valence-electron chi connectivity index (χ0n) is 21.1. The van der Waals surface area contributed by atoms with Crippen LogP contribution >= 0.6 is 0 Å². The van der Waals surface area contributed by atoms with Crippen molar-refractivity contribution in [3.05, 3.63) is 78.4 Å². The van der Waals surface area contributed by atoms with Crippen LogP contribution in [0.25, 0.3) is 22.3 Å². The van der Waals surface area contributed by atoms with Crippen molar-refractivity contribution in [1.29, 1.82) is 0 Å². The number of ether oxygens (including phenoxy) is 2. The number of hydrogen-bond acceptors (Lipinski definition) is 4. The Balaban J connectivity index is 1.20. The molecule has 2 bridgehead atoms. The molecule has 3 fully saturated rings. The highest BCUT2D eigenvalue weighted by Gasteiger charge is 2.41. The fourth-order valence-corrected chi connectivity index (χ4v) is 5.94. The lowest BCUT2D eigenvalue weighted by Gasteiger charge is -2.44. The third-order valence-electron chi connectivity index (χ3n) is 8.15. The highest BCUT2D eigenvalue weighted by atomic mass is 16.6. The quantitative estimate of drug-likeness (QED) is 0.474. The van der Waals surface area contributed by atoms with Gasteiger partial charge in [0.1, 0.15) is 11.9 Å². The third kappa shape index (κ3) is 4.48. The van der Waals surface area contributed by atoms with Crippen LogP contribution < -0.4 is 10.1 Å². The van der Waals surface area contributed by atoms with Gasteiger partial charge >= 0.3 is 6.09 Å². The van der Waals surface area contributed by atoms with Crippen LogP contribution in [0.15, 0.2) is 72.8 Å². The summed E-state index contributed by atoms with van der Waals surface area (Å²) in [6, 6.07) is 25.1. The Morgan fingerprint density at radius 2 is 1.56 bits per heavy atom. The smallest absolute Gasteiger partial charge is 0.407 e. The number of hydrogen-bond donors (Lipinski definition) is 1. The lowest BCUT2D eigenvalue weighted by molar-refractivity contribution is -0.0361. The molecule has 4 aliphatic rings. The van der Waals surface area contributed by atoms with Gasteiger partial charge in [0.25, 0.3) is 0 Å². The van der Waals surface area contributed by atoms with E-state index in [0.717, 1.165) is 54.9 Å². The van der Waals surface area contributed by atoms with E-state index in [1.54, 1.807) is 0 Å². The molecule has 2 atom stereocenters. The van der Waals surface area contributed by atoms with Crippen LogP contribution in [0.2, 0.25) is 0 Å². The molecular formula is C31H34N2O3. The van der Waals surface area contributed by atoms with Crippen LogP contribution in [0.1, 0.15) is 38.3 Å². The van der Waals surface area contributed by atoms with Crippen LogP contribution in [0.4, 0.5) is 4.79 Å². The first-order chi connectivity index (χ1) is 17.5. The molecule has 5 nitrogen and oxygen atoms in total. The minimum Gasteiger partial charge on any atom is -0.493 e. The number of benzene rings is 3. The Bertz CT molecular complexity index is 1230. The van der Waals surface area contributed by atoms with Gasteiger partial charge in [0, 0.05) is 17.5 Å². The van der Waals surface area contributed by atoms with E-state index in [2.05, 4.69) is 90.8 Å². The first kappa shape index (κ1) is 23.1. The standard InChI is InChI=1S/C31H34N2O3/c1-31(2)20-35-27-18-25(23-10-8-22(9-11-23)21-6-4-3-5-7-21)12-13-26(27)29(31)32-30(34)36-28-19-33-16-14-24(28)15-17-33/h3-13,18,24,28-29H,14-17,19-20H2,1-2H3,(H,32,34)/t28-,29?/m0/s1. The molecule has 186 valence electrons. The molecule has 3 aromatic rings. The van der Waals surface area contributed by atoms with Crippen LogP contribution in [0.5, 0.6) is 5.75 Å². The van der Waals surface area contributed by atoms with E-state index in [4.69, 9.17) is 9.47 Å². The predicted octanol–water partition coefficient (Wildman–Crippen LogP) is 6.30. The first-order valence-electron chi connectivity index (χ1n) is 13.1. The number of piperidine rings is 3. The van der Waals surface area contributed by atoms with Crippen molar-refractivity contribution < 1.29 is 14.3 Å². The van der Waals surface area contributed by atoms with Crippen LogP contribution in [0, 0.1) is 11.3 Å². The molecule has 5 heteroatoms. The molecule has 0 aromatic heterocycles. The van der Waals surface area contributed by atoms with Crippen molar-refractivity contribution in [2.45, 2.75) is 38.8 Å². The molecular weight excluding hydrogens is 448 g/mol. The fourth-order valence-electron chi connectivity index (χ4n) is 5.94. The van der Waals surface area contributed by atoms with Crippen molar-refractivity contribution in [1.82, 2.24) is 10.2 Å². The van der Waals surface area contributed by atoms with Gasteiger partial charge in [-0.15, -0.1) is 0 Å². The number of alkyl carbamates (subject to hydrolysis) is 1. The lowest BCUT2D eigenvalue weighted by Crippen LogP contribution is -2.53. The Morgan fingerprint density at radius 1 is 0.917 bits per heavy atom. The Morgan fingerprint density at radius 3 is 2.22 bits per heavy atom. The summed E-state index contributed by atoms with van der Waals surface area (Å²) in [6.45, 7) is 7.91. The van der Waals surface area contributed by atoms with Gasteiger partial charge in [0.2, 0.25) is 0 Å². The monoisotopic (exact) mass is 482 g/mol. The molecule has 0 aliphatic carbocycles. The molecule has 1 unspecified atom stereocenters. The van der Waals surface area contributed by atoms with Gasteiger partial charge in [0.05, 0.1) is 12.6 Å². The minimum absolute atomic E-state index is 0.00356. The van der Waals surface area contributed by atoms with Gasteiger partial charge in [-0.3, -0.25) is 4.90 Å². The van der Waals surface area contributed by atoms with Crippen LogP contribution in [-0.2, 0) is 4.74 Å². The molecule has 0 saturated carbocycles. The third-order valence-corrected chi connectivity index (χ3v) is 8.15. The second-order valence-electron chi connectivity index (χ2n) is 11.1. The molecule has 1 N–H and O–H groups in total. The van der Waals surface area contributed by atoms with E-state index < -0.39 is 0 Å². The molecule has 1 amide bonds. The summed E-state index contributed by atoms with van der Waals surface area (Å²) in [5.74, 6) is 1.32. The van der Waals surface area contributed by atoms with E-state index >= 15 is 0 Å². The Kier molecular flexibility index (Phi) is 5.96. The van der Waals surface area contributed by atoms with Crippen molar-refractivity contribution in [3.8, 4) is 28.0 Å². The fraction of sp³-hybridized carbons (Fsp3) is 0.387. The Hall–Kier alpha value is -3.31. The van der Waals surface area contributed by atoms with E-state index in [0.29, 0.717) is 12.5 Å². The van der Waals surface area contributed by atoms with Gasteiger partial charge in [-0.25, -0.2) is 4.79 Å². The zero-order chi connectivity index (χ0) is 24.7. The van der Waals surface area contributed by atoms with Gasteiger partial charge < -0.3 is 14.8 Å². The number of carbonyl (C=O) groups is 1. The summed E-state index contributed by atoms with van der Waals surface area (Å²) in [7, 11) is 0. The summed E-state index contributed by atoms with van der Waals surface area (Å²) in [6.07, 6.45) is 1.92. The van der Waals surface area contributed by atoms with Gasteiger partial charge in [-0.2, -0.15) is 0 Å². The molecule has 4 heterocycles. The average Bonchev–Trinajstić information content (AvgIpc) is 2.91. The summed E-state index contributed by atoms with van der Waals surface area (Å²) >= 11 is 0. The van der Waals surface area contributed by atoms with E-state index in [9.17, 15) is 4.79 Å². The average molecular weight is 483 g/mol. The van der Waals surface area contributed by atoms with Crippen LogP contribution in [0.3, 0.4) is 0 Å². The first-order valence-corrected chi connectivity index (χ1v) is 13.1. The number of amides is 1. The number of fused-ring (bicyclic) bond motifs is 4. The molecule has 3 saturated heterocycles. The minimum atomic E-state index is -0.319. The maximum atomic E-state index is 13.0. The SMILES string of the molecule is CC1(C)COc2cc(-c3ccc(-c4ccccc4)cc3)ccc2C1NC(=O)O[C@H]1CN2CCC1CC2. The van der Waals surface area contributed by atoms with E-state index in [1.165, 1.54) is 11.1 Å². The number of rotatable bonds is 4. The second kappa shape index (κ2) is 9.29. The summed E-state index contributed by atoms with van der Waals surface area (Å²) < 4.78 is 12.1. The van der Waals surface area contributed by atoms with Gasteiger partial charge in [-0.1, -0.05) is 80.6 Å². The highest BCUT2D eigenvalue weighted by molar-refractivity contribution is 5.73. The molecule has 7 rings (SSSR count). The Labute approximate surface area is 213 Å². The maximum absolute atomic E-state index is 13.0. The van der Waals surface area contributed by atoms with Crippen molar-refractivity contribution in [2.24, 2.45) is 11.3 Å². The van der Waals surface area contributed by atoms with Gasteiger partial charge in [0.15, 0.2) is 0 Å². The van der Waals surface area contributed by atoms with Crippen molar-refractivity contribution in [2.75, 3.05) is 26.2 Å².